The molecule has 2 rings (SSSR count). The van der Waals surface area contributed by atoms with E-state index in [2.05, 4.69) is 11.4 Å². The maximum atomic E-state index is 12.7. The first-order valence-electron chi connectivity index (χ1n) is 6.11. The van der Waals surface area contributed by atoms with Crippen LogP contribution >= 0.6 is 0 Å². The minimum absolute atomic E-state index is 0.332. The van der Waals surface area contributed by atoms with E-state index in [-0.39, 0.29) is 5.82 Å². The van der Waals surface area contributed by atoms with Gasteiger partial charge in [0, 0.05) is 5.69 Å². The predicted octanol–water partition coefficient (Wildman–Crippen LogP) is 3.87. The molecule has 0 heterocycles. The fraction of sp³-hybridized carbons (Fsp3) is 0.357. The van der Waals surface area contributed by atoms with Crippen LogP contribution in [0.1, 0.15) is 25.7 Å². The minimum Gasteiger partial charge on any atom is -0.445 e. The Labute approximate surface area is 106 Å². The average Bonchev–Trinajstić information content (AvgIpc) is 2.40. The van der Waals surface area contributed by atoms with Crippen molar-refractivity contribution in [2.45, 2.75) is 25.7 Å². The second-order valence-corrected chi connectivity index (χ2v) is 4.32. The Morgan fingerprint density at radius 2 is 2.06 bits per heavy atom. The van der Waals surface area contributed by atoms with E-state index in [1.807, 2.05) is 0 Å². The second-order valence-electron chi connectivity index (χ2n) is 4.32. The molecular formula is C14H16FNO2. The van der Waals surface area contributed by atoms with Crippen molar-refractivity contribution in [2.75, 3.05) is 11.9 Å². The predicted molar refractivity (Wildman–Crippen MR) is 67.9 cm³/mol. The van der Waals surface area contributed by atoms with Gasteiger partial charge in [-0.05, 0) is 55.5 Å². The van der Waals surface area contributed by atoms with Crippen molar-refractivity contribution in [3.8, 4) is 0 Å². The number of hydrogen-bond donors (Lipinski definition) is 1. The summed E-state index contributed by atoms with van der Waals surface area (Å²) in [5, 5.41) is 2.55. The number of anilines is 1. The Hall–Kier alpha value is -1.84. The number of ether oxygens (including phenoxy) is 1. The third kappa shape index (κ3) is 3.87. The largest absolute Gasteiger partial charge is 0.445 e. The zero-order valence-corrected chi connectivity index (χ0v) is 10.1. The monoisotopic (exact) mass is 249 g/mol. The molecule has 1 aromatic carbocycles. The molecule has 4 heteroatoms. The lowest BCUT2D eigenvalue weighted by Crippen LogP contribution is -2.15. The van der Waals surface area contributed by atoms with Crippen molar-refractivity contribution in [3.05, 3.63) is 41.7 Å². The third-order valence-electron chi connectivity index (χ3n) is 2.86. The van der Waals surface area contributed by atoms with Crippen LogP contribution in [0.2, 0.25) is 0 Å². The molecule has 1 aromatic rings. The van der Waals surface area contributed by atoms with E-state index >= 15 is 0 Å². The highest BCUT2D eigenvalue weighted by molar-refractivity contribution is 5.84. The molecule has 0 aliphatic heterocycles. The second kappa shape index (κ2) is 6.19. The number of carbonyl (C=O) groups is 1. The van der Waals surface area contributed by atoms with E-state index in [1.54, 1.807) is 0 Å². The lowest BCUT2D eigenvalue weighted by molar-refractivity contribution is 0.170. The fourth-order valence-corrected chi connectivity index (χ4v) is 1.88. The van der Waals surface area contributed by atoms with Crippen LogP contribution in [0.3, 0.4) is 0 Å². The van der Waals surface area contributed by atoms with Gasteiger partial charge in [-0.2, -0.15) is 0 Å². The summed E-state index contributed by atoms with van der Waals surface area (Å²) in [7, 11) is 0. The number of amides is 1. The van der Waals surface area contributed by atoms with E-state index in [4.69, 9.17) is 4.74 Å². The molecular weight excluding hydrogens is 233 g/mol. The summed E-state index contributed by atoms with van der Waals surface area (Å²) in [6, 6.07) is 5.57. The highest BCUT2D eigenvalue weighted by atomic mass is 19.1. The molecule has 0 unspecified atom stereocenters. The van der Waals surface area contributed by atoms with Gasteiger partial charge < -0.3 is 4.74 Å². The maximum Gasteiger partial charge on any atom is 0.411 e. The molecule has 18 heavy (non-hydrogen) atoms. The molecule has 0 atom stereocenters. The quantitative estimate of drug-likeness (QED) is 0.826. The summed E-state index contributed by atoms with van der Waals surface area (Å²) in [5.74, 6) is -0.332. The summed E-state index contributed by atoms with van der Waals surface area (Å²) in [4.78, 5) is 11.5. The van der Waals surface area contributed by atoms with E-state index < -0.39 is 6.09 Å². The van der Waals surface area contributed by atoms with Crippen molar-refractivity contribution < 1.29 is 13.9 Å². The standard InChI is InChI=1S/C14H16FNO2/c15-12-6-8-13(9-7-12)16-14(17)18-10-11-4-2-1-3-5-11/h4,6-9H,1-3,5,10H2,(H,16,17). The SMILES string of the molecule is O=C(Nc1ccc(F)cc1)OCC1=CCCCC1. The van der Waals surface area contributed by atoms with Gasteiger partial charge in [0.15, 0.2) is 0 Å². The molecule has 0 fully saturated rings. The van der Waals surface area contributed by atoms with Gasteiger partial charge in [-0.1, -0.05) is 6.08 Å². The van der Waals surface area contributed by atoms with E-state index in [0.29, 0.717) is 12.3 Å². The molecule has 96 valence electrons. The van der Waals surface area contributed by atoms with Crippen LogP contribution in [-0.2, 0) is 4.74 Å². The molecule has 0 saturated heterocycles. The Morgan fingerprint density at radius 1 is 1.28 bits per heavy atom. The van der Waals surface area contributed by atoms with Gasteiger partial charge >= 0.3 is 6.09 Å². The van der Waals surface area contributed by atoms with Gasteiger partial charge in [-0.25, -0.2) is 9.18 Å². The van der Waals surface area contributed by atoms with Crippen molar-refractivity contribution in [1.82, 2.24) is 0 Å². The summed E-state index contributed by atoms with van der Waals surface area (Å²) in [5.41, 5.74) is 1.70. The van der Waals surface area contributed by atoms with Crippen LogP contribution in [0.25, 0.3) is 0 Å². The number of allylic oxidation sites excluding steroid dienone is 1. The van der Waals surface area contributed by atoms with Gasteiger partial charge in [0.05, 0.1) is 0 Å². The normalized spacial score (nSPS) is 14.8. The topological polar surface area (TPSA) is 38.3 Å². The molecule has 1 N–H and O–H groups in total. The van der Waals surface area contributed by atoms with Crippen LogP contribution in [0.5, 0.6) is 0 Å². The van der Waals surface area contributed by atoms with Crippen LogP contribution in [-0.4, -0.2) is 12.7 Å². The molecule has 0 aromatic heterocycles. The van der Waals surface area contributed by atoms with E-state index in [0.717, 1.165) is 19.3 Å². The van der Waals surface area contributed by atoms with Crippen LogP contribution in [0.15, 0.2) is 35.9 Å². The summed E-state index contributed by atoms with van der Waals surface area (Å²) in [6.45, 7) is 0.340. The molecule has 1 amide bonds. The highest BCUT2D eigenvalue weighted by Gasteiger charge is 2.07. The molecule has 3 nitrogen and oxygen atoms in total. The zero-order valence-electron chi connectivity index (χ0n) is 10.1. The first-order chi connectivity index (χ1) is 8.74. The number of halogens is 1. The Bertz CT molecular complexity index is 440. The molecule has 1 aliphatic carbocycles. The smallest absolute Gasteiger partial charge is 0.411 e. The molecule has 0 saturated carbocycles. The molecule has 0 spiro atoms. The molecule has 1 aliphatic rings. The summed E-state index contributed by atoms with van der Waals surface area (Å²) >= 11 is 0. The van der Waals surface area contributed by atoms with Crippen LogP contribution in [0.4, 0.5) is 14.9 Å². The number of benzene rings is 1. The minimum atomic E-state index is -0.506. The first-order valence-corrected chi connectivity index (χ1v) is 6.11. The van der Waals surface area contributed by atoms with Gasteiger partial charge in [-0.15, -0.1) is 0 Å². The van der Waals surface area contributed by atoms with Crippen molar-refractivity contribution >= 4 is 11.8 Å². The lowest BCUT2D eigenvalue weighted by atomic mass is 10.0. The molecule has 0 bridgehead atoms. The molecule has 0 radical (unpaired) electrons. The maximum absolute atomic E-state index is 12.7. The zero-order chi connectivity index (χ0) is 12.8. The Morgan fingerprint density at radius 3 is 2.72 bits per heavy atom. The third-order valence-corrected chi connectivity index (χ3v) is 2.86. The van der Waals surface area contributed by atoms with Crippen LogP contribution < -0.4 is 5.32 Å². The van der Waals surface area contributed by atoms with Crippen molar-refractivity contribution in [1.29, 1.82) is 0 Å². The van der Waals surface area contributed by atoms with Gasteiger partial charge in [0.2, 0.25) is 0 Å². The number of rotatable bonds is 3. The number of nitrogens with one attached hydrogen (secondary N) is 1. The summed E-state index contributed by atoms with van der Waals surface area (Å²) < 4.78 is 17.8. The number of hydrogen-bond acceptors (Lipinski definition) is 2. The summed E-state index contributed by atoms with van der Waals surface area (Å²) in [6.07, 6.45) is 6.07. The van der Waals surface area contributed by atoms with Gasteiger partial charge in [0.1, 0.15) is 12.4 Å². The first kappa shape index (κ1) is 12.6. The van der Waals surface area contributed by atoms with Gasteiger partial charge in [0.25, 0.3) is 0 Å². The number of carbonyl (C=O) groups excluding carboxylic acids is 1. The Kier molecular flexibility index (Phi) is 4.34. The van der Waals surface area contributed by atoms with E-state index in [1.165, 1.54) is 36.3 Å². The lowest BCUT2D eigenvalue weighted by Gasteiger charge is -2.13. The highest BCUT2D eigenvalue weighted by Crippen LogP contribution is 2.17. The van der Waals surface area contributed by atoms with Crippen molar-refractivity contribution in [2.24, 2.45) is 0 Å². The van der Waals surface area contributed by atoms with E-state index in [9.17, 15) is 9.18 Å². The average molecular weight is 249 g/mol. The van der Waals surface area contributed by atoms with Gasteiger partial charge in [-0.3, -0.25) is 5.32 Å². The van der Waals surface area contributed by atoms with Crippen molar-refractivity contribution in [3.63, 3.8) is 0 Å². The van der Waals surface area contributed by atoms with Crippen LogP contribution in [0, 0.1) is 5.82 Å². The fourth-order valence-electron chi connectivity index (χ4n) is 1.88. The Balaban J connectivity index is 1.78.